The van der Waals surface area contributed by atoms with Crippen LogP contribution in [-0.4, -0.2) is 56.4 Å². The van der Waals surface area contributed by atoms with E-state index in [1.165, 1.54) is 12.2 Å². The molecule has 18 heteroatoms. The number of nitrogens with zero attached hydrogens (tertiary/aromatic N) is 3. The SMILES string of the molecule is Cc1nonc1C(=O)N[C@H](c1nc2c(F)c([C@H](CC(F)(F)F)C(=O)N[C@@H](C)C(F)(F)F)ccc2[nH]1)C1CCC(F)(F)CC1. The zero-order chi connectivity index (χ0) is 31.9. The van der Waals surface area contributed by atoms with Crippen molar-refractivity contribution >= 4 is 22.8 Å². The predicted octanol–water partition coefficient (Wildman–Crippen LogP) is 5.79. The molecule has 3 atom stereocenters. The molecule has 1 fully saturated rings. The average molecular weight is 628 g/mol. The van der Waals surface area contributed by atoms with Gasteiger partial charge in [0, 0.05) is 18.4 Å². The summed E-state index contributed by atoms with van der Waals surface area (Å²) in [6.07, 6.45) is -13.2. The third-order valence-corrected chi connectivity index (χ3v) is 7.30. The number of aromatic nitrogens is 4. The van der Waals surface area contributed by atoms with E-state index in [1.807, 2.05) is 0 Å². The largest absolute Gasteiger partial charge is 0.408 e. The van der Waals surface area contributed by atoms with Crippen molar-refractivity contribution in [2.75, 3.05) is 0 Å². The summed E-state index contributed by atoms with van der Waals surface area (Å²) in [5, 5.41) is 11.0. The highest BCUT2D eigenvalue weighted by Gasteiger charge is 2.43. The lowest BCUT2D eigenvalue weighted by Gasteiger charge is -2.33. The van der Waals surface area contributed by atoms with Gasteiger partial charge in [-0.25, -0.2) is 22.8 Å². The number of amides is 2. The Hall–Kier alpha value is -3.86. The maximum atomic E-state index is 15.7. The van der Waals surface area contributed by atoms with E-state index in [0.29, 0.717) is 6.92 Å². The van der Waals surface area contributed by atoms with Crippen LogP contribution in [0.4, 0.5) is 39.5 Å². The molecule has 0 bridgehead atoms. The van der Waals surface area contributed by atoms with Crippen LogP contribution in [0.5, 0.6) is 0 Å². The smallest absolute Gasteiger partial charge is 0.344 e. The molecular weight excluding hydrogens is 603 g/mol. The molecule has 1 aliphatic carbocycles. The first kappa shape index (κ1) is 32.1. The van der Waals surface area contributed by atoms with Gasteiger partial charge in [0.1, 0.15) is 23.1 Å². The van der Waals surface area contributed by atoms with Crippen LogP contribution in [0.15, 0.2) is 16.8 Å². The lowest BCUT2D eigenvalue weighted by molar-refractivity contribution is -0.162. The molecule has 1 aliphatic rings. The third-order valence-electron chi connectivity index (χ3n) is 7.30. The van der Waals surface area contributed by atoms with Crippen LogP contribution in [-0.2, 0) is 4.79 Å². The van der Waals surface area contributed by atoms with Crippen LogP contribution >= 0.6 is 0 Å². The Morgan fingerprint density at radius 1 is 1.09 bits per heavy atom. The van der Waals surface area contributed by atoms with Crippen molar-refractivity contribution in [3.05, 3.63) is 40.7 Å². The van der Waals surface area contributed by atoms with Gasteiger partial charge in [-0.15, -0.1) is 0 Å². The number of carbonyl (C=O) groups is 2. The van der Waals surface area contributed by atoms with Crippen molar-refractivity contribution in [2.24, 2.45) is 5.92 Å². The molecule has 4 rings (SSSR count). The second-order valence-corrected chi connectivity index (χ2v) is 10.5. The summed E-state index contributed by atoms with van der Waals surface area (Å²) in [4.78, 5) is 32.3. The lowest BCUT2D eigenvalue weighted by atomic mass is 9.81. The lowest BCUT2D eigenvalue weighted by Crippen LogP contribution is -2.45. The summed E-state index contributed by atoms with van der Waals surface area (Å²) < 4.78 is 127. The van der Waals surface area contributed by atoms with Crippen LogP contribution < -0.4 is 10.6 Å². The topological polar surface area (TPSA) is 126 Å². The number of aryl methyl sites for hydroxylation is 1. The van der Waals surface area contributed by atoms with Crippen molar-refractivity contribution in [2.45, 2.75) is 82.2 Å². The summed E-state index contributed by atoms with van der Waals surface area (Å²) in [5.74, 6) is -10.0. The Kier molecular flexibility index (Phi) is 8.70. The minimum absolute atomic E-state index is 0.0794. The van der Waals surface area contributed by atoms with E-state index in [4.69, 9.17) is 0 Å². The molecule has 236 valence electrons. The fraction of sp³-hybridized carbons (Fsp3) is 0.560. The van der Waals surface area contributed by atoms with Crippen molar-refractivity contribution in [1.82, 2.24) is 30.9 Å². The van der Waals surface area contributed by atoms with Gasteiger partial charge in [0.15, 0.2) is 11.5 Å². The molecular formula is C25H25F9N6O3. The highest BCUT2D eigenvalue weighted by atomic mass is 19.4. The van der Waals surface area contributed by atoms with E-state index in [9.17, 15) is 44.7 Å². The van der Waals surface area contributed by atoms with Crippen molar-refractivity contribution < 1.29 is 53.7 Å². The number of carbonyl (C=O) groups excluding carboxylic acids is 2. The number of halogens is 9. The summed E-state index contributed by atoms with van der Waals surface area (Å²) in [7, 11) is 0. The molecule has 3 N–H and O–H groups in total. The number of aromatic amines is 1. The summed E-state index contributed by atoms with van der Waals surface area (Å²) in [6.45, 7) is 1.94. The molecule has 0 spiro atoms. The van der Waals surface area contributed by atoms with Crippen LogP contribution in [0.2, 0.25) is 0 Å². The van der Waals surface area contributed by atoms with Gasteiger partial charge in [-0.1, -0.05) is 11.2 Å². The normalized spacial score (nSPS) is 18.3. The van der Waals surface area contributed by atoms with E-state index in [1.54, 1.807) is 0 Å². The Bertz CT molecular complexity index is 1470. The molecule has 0 radical (unpaired) electrons. The van der Waals surface area contributed by atoms with E-state index in [-0.39, 0.29) is 35.6 Å². The van der Waals surface area contributed by atoms with E-state index < -0.39 is 90.2 Å². The van der Waals surface area contributed by atoms with Crippen molar-refractivity contribution in [1.29, 1.82) is 0 Å². The predicted molar refractivity (Wildman–Crippen MR) is 129 cm³/mol. The van der Waals surface area contributed by atoms with Crippen LogP contribution in [0.1, 0.15) is 78.6 Å². The molecule has 3 aromatic rings. The summed E-state index contributed by atoms with van der Waals surface area (Å²) in [5.41, 5.74) is -1.64. The van der Waals surface area contributed by atoms with Gasteiger partial charge in [-0.3, -0.25) is 9.59 Å². The fourth-order valence-electron chi connectivity index (χ4n) is 4.92. The van der Waals surface area contributed by atoms with Crippen molar-refractivity contribution in [3.63, 3.8) is 0 Å². The third kappa shape index (κ3) is 7.38. The Morgan fingerprint density at radius 3 is 2.30 bits per heavy atom. The zero-order valence-corrected chi connectivity index (χ0v) is 22.5. The highest BCUT2D eigenvalue weighted by Crippen LogP contribution is 2.42. The summed E-state index contributed by atoms with van der Waals surface area (Å²) >= 11 is 0. The molecule has 1 aromatic carbocycles. The first-order valence-corrected chi connectivity index (χ1v) is 13.0. The van der Waals surface area contributed by atoms with E-state index >= 15 is 4.39 Å². The number of H-pyrrole nitrogens is 1. The maximum Gasteiger partial charge on any atom is 0.408 e. The maximum absolute atomic E-state index is 15.7. The molecule has 9 nitrogen and oxygen atoms in total. The van der Waals surface area contributed by atoms with Crippen molar-refractivity contribution in [3.8, 4) is 0 Å². The summed E-state index contributed by atoms with van der Waals surface area (Å²) in [6, 6.07) is -1.76. The van der Waals surface area contributed by atoms with Gasteiger partial charge in [-0.2, -0.15) is 26.3 Å². The number of imidazole rings is 1. The molecule has 1 saturated carbocycles. The Balaban J connectivity index is 1.72. The van der Waals surface area contributed by atoms with Gasteiger partial charge in [0.05, 0.1) is 23.9 Å². The van der Waals surface area contributed by atoms with E-state index in [0.717, 1.165) is 12.1 Å². The minimum Gasteiger partial charge on any atom is -0.344 e. The molecule has 43 heavy (non-hydrogen) atoms. The van der Waals surface area contributed by atoms with Crippen LogP contribution in [0.25, 0.3) is 11.0 Å². The molecule has 2 heterocycles. The standard InChI is InChI=1S/C25H25F9N6O3/c1-10-17(40-43-39-10)22(42)38-18(12-5-7-23(27,28)8-6-12)20-36-15-4-3-13(16(26)19(15)37-20)14(9-24(29,30)31)21(41)35-11(2)25(32,33)34/h3-4,11-12,14,18H,5-9H2,1-2H3,(H,35,41)(H,36,37)(H,38,42)/t11-,14-,18-/m0/s1. The van der Waals surface area contributed by atoms with Crippen LogP contribution in [0, 0.1) is 18.7 Å². The first-order valence-electron chi connectivity index (χ1n) is 13.0. The Morgan fingerprint density at radius 2 is 1.74 bits per heavy atom. The fourth-order valence-corrected chi connectivity index (χ4v) is 4.92. The number of hydrogen-bond donors (Lipinski definition) is 3. The second-order valence-electron chi connectivity index (χ2n) is 10.5. The number of rotatable bonds is 8. The minimum atomic E-state index is -5.06. The highest BCUT2D eigenvalue weighted by molar-refractivity contribution is 5.93. The number of alkyl halides is 8. The number of fused-ring (bicyclic) bond motifs is 1. The zero-order valence-electron chi connectivity index (χ0n) is 22.5. The number of benzene rings is 1. The molecule has 0 aliphatic heterocycles. The molecule has 2 amide bonds. The first-order chi connectivity index (χ1) is 19.9. The molecule has 0 saturated heterocycles. The van der Waals surface area contributed by atoms with E-state index in [2.05, 4.69) is 30.2 Å². The quantitative estimate of drug-likeness (QED) is 0.271. The monoisotopic (exact) mass is 628 g/mol. The van der Waals surface area contributed by atoms with Crippen LogP contribution in [0.3, 0.4) is 0 Å². The average Bonchev–Trinajstić information content (AvgIpc) is 3.52. The number of nitrogens with one attached hydrogen (secondary N) is 3. The molecule has 0 unspecified atom stereocenters. The Labute approximate surface area is 236 Å². The number of hydrogen-bond acceptors (Lipinski definition) is 6. The van der Waals surface area contributed by atoms with Gasteiger partial charge in [0.2, 0.25) is 11.8 Å². The van der Waals surface area contributed by atoms with Gasteiger partial charge >= 0.3 is 12.4 Å². The van der Waals surface area contributed by atoms with Gasteiger partial charge in [-0.05, 0) is 43.8 Å². The van der Waals surface area contributed by atoms with Gasteiger partial charge in [0.25, 0.3) is 5.91 Å². The molecule has 2 aromatic heterocycles. The second kappa shape index (κ2) is 11.7. The van der Waals surface area contributed by atoms with Gasteiger partial charge < -0.3 is 15.6 Å².